The summed E-state index contributed by atoms with van der Waals surface area (Å²) in [6, 6.07) is 5.14. The van der Waals surface area contributed by atoms with Gasteiger partial charge in [0.05, 0.1) is 5.56 Å². The van der Waals surface area contributed by atoms with Gasteiger partial charge in [-0.15, -0.1) is 11.3 Å². The van der Waals surface area contributed by atoms with Crippen molar-refractivity contribution in [2.24, 2.45) is 11.7 Å². The van der Waals surface area contributed by atoms with Gasteiger partial charge < -0.3 is 11.1 Å². The number of halogens is 2. The van der Waals surface area contributed by atoms with Crippen LogP contribution in [0.4, 0.5) is 5.00 Å². The van der Waals surface area contributed by atoms with Crippen molar-refractivity contribution in [3.05, 3.63) is 55.9 Å². The third-order valence-corrected chi connectivity index (χ3v) is 6.66. The van der Waals surface area contributed by atoms with Gasteiger partial charge in [0.1, 0.15) is 5.00 Å². The Morgan fingerprint density at radius 2 is 2.04 bits per heavy atom. The number of hydrogen-bond acceptors (Lipinski definition) is 3. The number of rotatable bonds is 5. The molecule has 0 bridgehead atoms. The highest BCUT2D eigenvalue weighted by Crippen LogP contribution is 2.40. The molecule has 0 saturated heterocycles. The van der Waals surface area contributed by atoms with Crippen molar-refractivity contribution >= 4 is 57.4 Å². The smallest absolute Gasteiger partial charge is 0.251 e. The zero-order valence-corrected chi connectivity index (χ0v) is 17.2. The Kier molecular flexibility index (Phi) is 6.25. The first-order valence-electron chi connectivity index (χ1n) is 8.78. The topological polar surface area (TPSA) is 72.2 Å². The number of carbonyl (C=O) groups is 2. The van der Waals surface area contributed by atoms with E-state index in [0.29, 0.717) is 32.1 Å². The molecule has 27 heavy (non-hydrogen) atoms. The second kappa shape index (κ2) is 8.46. The molecule has 2 aromatic rings. The average Bonchev–Trinajstić information content (AvgIpc) is 2.98. The highest BCUT2D eigenvalue weighted by Gasteiger charge is 2.27. The number of nitrogens with two attached hydrogens (primary N) is 1. The fourth-order valence-electron chi connectivity index (χ4n) is 3.33. The fraction of sp³-hybridized carbons (Fsp3) is 0.300. The van der Waals surface area contributed by atoms with Crippen LogP contribution in [-0.2, 0) is 17.6 Å². The molecule has 1 aliphatic carbocycles. The molecule has 1 aliphatic rings. The van der Waals surface area contributed by atoms with Gasteiger partial charge >= 0.3 is 0 Å². The van der Waals surface area contributed by atoms with Gasteiger partial charge in [0, 0.05) is 26.6 Å². The van der Waals surface area contributed by atoms with Gasteiger partial charge in [0.25, 0.3) is 5.91 Å². The van der Waals surface area contributed by atoms with Crippen LogP contribution in [0.25, 0.3) is 6.08 Å². The number of amides is 2. The number of primary amides is 1. The van der Waals surface area contributed by atoms with Crippen LogP contribution in [0.3, 0.4) is 0 Å². The van der Waals surface area contributed by atoms with Crippen LogP contribution in [0, 0.1) is 5.92 Å². The maximum Gasteiger partial charge on any atom is 0.251 e. The summed E-state index contributed by atoms with van der Waals surface area (Å²) in [7, 11) is 0. The Hall–Kier alpha value is -1.82. The van der Waals surface area contributed by atoms with E-state index < -0.39 is 5.91 Å². The summed E-state index contributed by atoms with van der Waals surface area (Å²) in [5, 5.41) is 4.23. The minimum Gasteiger partial charge on any atom is -0.365 e. The first-order chi connectivity index (χ1) is 12.9. The standard InChI is InChI=1S/C20H20Cl2N2O2S/c1-2-11-6-7-13-16(10-11)27-20(18(13)19(23)26)24-17(25)9-8-12-14(21)4-3-5-15(12)22/h3-5,8-9,11H,2,6-7,10H2,1H3,(H2,23,26)(H,24,25)/b9-8+. The van der Waals surface area contributed by atoms with E-state index in [1.165, 1.54) is 17.4 Å². The Morgan fingerprint density at radius 3 is 2.67 bits per heavy atom. The first kappa shape index (κ1) is 19.9. The van der Waals surface area contributed by atoms with Gasteiger partial charge in [-0.1, -0.05) is 42.6 Å². The first-order valence-corrected chi connectivity index (χ1v) is 10.3. The summed E-state index contributed by atoms with van der Waals surface area (Å²) in [6.07, 6.45) is 6.81. The summed E-state index contributed by atoms with van der Waals surface area (Å²) in [5.74, 6) is -0.252. The zero-order valence-electron chi connectivity index (χ0n) is 14.9. The summed E-state index contributed by atoms with van der Waals surface area (Å²) >= 11 is 13.7. The number of carbonyl (C=O) groups excluding carboxylic acids is 2. The van der Waals surface area contributed by atoms with Crippen molar-refractivity contribution in [3.8, 4) is 0 Å². The van der Waals surface area contributed by atoms with Crippen molar-refractivity contribution < 1.29 is 9.59 Å². The van der Waals surface area contributed by atoms with E-state index in [0.717, 1.165) is 36.1 Å². The summed E-state index contributed by atoms with van der Waals surface area (Å²) in [6.45, 7) is 2.17. The lowest BCUT2D eigenvalue weighted by atomic mass is 9.85. The van der Waals surface area contributed by atoms with E-state index >= 15 is 0 Å². The predicted octanol–water partition coefficient (Wildman–Crippen LogP) is 5.32. The second-order valence-electron chi connectivity index (χ2n) is 6.55. The Balaban J connectivity index is 1.83. The molecule has 1 aromatic carbocycles. The van der Waals surface area contributed by atoms with Gasteiger partial charge in [-0.2, -0.15) is 0 Å². The van der Waals surface area contributed by atoms with Crippen LogP contribution in [-0.4, -0.2) is 11.8 Å². The highest BCUT2D eigenvalue weighted by molar-refractivity contribution is 7.17. The molecule has 1 heterocycles. The van der Waals surface area contributed by atoms with Crippen molar-refractivity contribution in [1.29, 1.82) is 0 Å². The van der Waals surface area contributed by atoms with Gasteiger partial charge in [-0.3, -0.25) is 9.59 Å². The number of benzene rings is 1. The molecule has 1 aromatic heterocycles. The fourth-order valence-corrected chi connectivity index (χ4v) is 5.23. The van der Waals surface area contributed by atoms with Crippen molar-refractivity contribution in [2.45, 2.75) is 32.6 Å². The maximum absolute atomic E-state index is 12.4. The molecule has 0 saturated carbocycles. The number of fused-ring (bicyclic) bond motifs is 1. The number of nitrogens with one attached hydrogen (secondary N) is 1. The van der Waals surface area contributed by atoms with Crippen molar-refractivity contribution in [3.63, 3.8) is 0 Å². The maximum atomic E-state index is 12.4. The minimum absolute atomic E-state index is 0.362. The van der Waals surface area contributed by atoms with Crippen LogP contribution >= 0.6 is 34.5 Å². The summed E-state index contributed by atoms with van der Waals surface area (Å²) in [5.41, 5.74) is 7.60. The van der Waals surface area contributed by atoms with Gasteiger partial charge in [-0.05, 0) is 49.0 Å². The van der Waals surface area contributed by atoms with Crippen molar-refractivity contribution in [2.75, 3.05) is 5.32 Å². The zero-order chi connectivity index (χ0) is 19.6. The molecular weight excluding hydrogens is 403 g/mol. The quantitative estimate of drug-likeness (QED) is 0.639. The molecule has 142 valence electrons. The van der Waals surface area contributed by atoms with E-state index in [1.807, 2.05) is 0 Å². The second-order valence-corrected chi connectivity index (χ2v) is 8.47. The molecule has 1 atom stereocenters. The lowest BCUT2D eigenvalue weighted by Gasteiger charge is -2.20. The van der Waals surface area contributed by atoms with Crippen molar-refractivity contribution in [1.82, 2.24) is 0 Å². The molecule has 7 heteroatoms. The number of thiophene rings is 1. The lowest BCUT2D eigenvalue weighted by molar-refractivity contribution is -0.111. The largest absolute Gasteiger partial charge is 0.365 e. The van der Waals surface area contributed by atoms with E-state index in [2.05, 4.69) is 12.2 Å². The minimum atomic E-state index is -0.504. The average molecular weight is 423 g/mol. The lowest BCUT2D eigenvalue weighted by Crippen LogP contribution is -2.19. The highest BCUT2D eigenvalue weighted by atomic mass is 35.5. The monoisotopic (exact) mass is 422 g/mol. The summed E-state index contributed by atoms with van der Waals surface area (Å²) < 4.78 is 0. The Labute approximate surface area is 172 Å². The normalized spacial score (nSPS) is 16.3. The van der Waals surface area contributed by atoms with Crippen LogP contribution in [0.2, 0.25) is 10.0 Å². The molecular formula is C20H20Cl2N2O2S. The van der Waals surface area contributed by atoms with E-state index in [9.17, 15) is 9.59 Å². The summed E-state index contributed by atoms with van der Waals surface area (Å²) in [4.78, 5) is 25.5. The number of anilines is 1. The molecule has 1 unspecified atom stereocenters. The third-order valence-electron chi connectivity index (χ3n) is 4.83. The van der Waals surface area contributed by atoms with E-state index in [4.69, 9.17) is 28.9 Å². The van der Waals surface area contributed by atoms with Crippen LogP contribution in [0.1, 0.15) is 46.1 Å². The SMILES string of the molecule is CCC1CCc2c(sc(NC(=O)/C=C/c3c(Cl)cccc3Cl)c2C(N)=O)C1. The van der Waals surface area contributed by atoms with Gasteiger partial charge in [-0.25, -0.2) is 0 Å². The Bertz CT molecular complexity index is 901. The molecule has 3 rings (SSSR count). The van der Waals surface area contributed by atoms with Gasteiger partial charge in [0.2, 0.25) is 5.91 Å². The van der Waals surface area contributed by atoms with Crippen LogP contribution < -0.4 is 11.1 Å². The van der Waals surface area contributed by atoms with Crippen LogP contribution in [0.15, 0.2) is 24.3 Å². The van der Waals surface area contributed by atoms with E-state index in [-0.39, 0.29) is 5.91 Å². The molecule has 0 aliphatic heterocycles. The van der Waals surface area contributed by atoms with Gasteiger partial charge in [0.15, 0.2) is 0 Å². The molecule has 4 nitrogen and oxygen atoms in total. The molecule has 0 spiro atoms. The molecule has 0 fully saturated rings. The Morgan fingerprint density at radius 1 is 1.33 bits per heavy atom. The predicted molar refractivity (Wildman–Crippen MR) is 113 cm³/mol. The van der Waals surface area contributed by atoms with E-state index in [1.54, 1.807) is 24.3 Å². The molecule has 3 N–H and O–H groups in total. The molecule has 0 radical (unpaired) electrons. The number of hydrogen-bond donors (Lipinski definition) is 2. The third kappa shape index (κ3) is 4.37. The molecule has 2 amide bonds. The van der Waals surface area contributed by atoms with Crippen LogP contribution in [0.5, 0.6) is 0 Å².